The number of aromatic nitrogens is 3. The average molecular weight is 387 g/mol. The highest BCUT2D eigenvalue weighted by molar-refractivity contribution is 5.99. The molecule has 0 bridgehead atoms. The Bertz CT molecular complexity index is 940. The summed E-state index contributed by atoms with van der Waals surface area (Å²) in [5.41, 5.74) is 2.44. The third kappa shape index (κ3) is 4.77. The first-order valence-electron chi connectivity index (χ1n) is 10.2. The van der Waals surface area contributed by atoms with Gasteiger partial charge in [-0.15, -0.1) is 0 Å². The molecule has 4 rings (SSSR count). The first kappa shape index (κ1) is 19.1. The number of piperidine rings is 1. The van der Waals surface area contributed by atoms with Crippen molar-refractivity contribution in [2.24, 2.45) is 0 Å². The minimum absolute atomic E-state index is 0.138. The van der Waals surface area contributed by atoms with Gasteiger partial charge in [-0.2, -0.15) is 0 Å². The van der Waals surface area contributed by atoms with Gasteiger partial charge in [0.2, 0.25) is 0 Å². The fraction of sp³-hybridized carbons (Fsp3) is 0.304. The molecule has 1 N–H and O–H groups in total. The second kappa shape index (κ2) is 9.28. The highest BCUT2D eigenvalue weighted by Crippen LogP contribution is 2.25. The Morgan fingerprint density at radius 2 is 1.76 bits per heavy atom. The normalized spacial score (nSPS) is 13.9. The van der Waals surface area contributed by atoms with Crippen LogP contribution in [-0.2, 0) is 6.42 Å². The molecule has 6 heteroatoms. The number of rotatable bonds is 6. The SMILES string of the molecule is O=C(NCCc1ccccn1)c1cnc(-c2ccccc2)nc1N1CCCCC1. The van der Waals surface area contributed by atoms with Gasteiger partial charge in [-0.1, -0.05) is 36.4 Å². The van der Waals surface area contributed by atoms with Gasteiger partial charge in [-0.25, -0.2) is 9.97 Å². The monoisotopic (exact) mass is 387 g/mol. The van der Waals surface area contributed by atoms with Crippen LogP contribution in [0.1, 0.15) is 35.3 Å². The summed E-state index contributed by atoms with van der Waals surface area (Å²) in [6, 6.07) is 15.7. The molecule has 1 aromatic carbocycles. The first-order valence-corrected chi connectivity index (χ1v) is 10.2. The average Bonchev–Trinajstić information content (AvgIpc) is 2.80. The van der Waals surface area contributed by atoms with Crippen molar-refractivity contribution < 1.29 is 4.79 Å². The molecule has 0 atom stereocenters. The van der Waals surface area contributed by atoms with Crippen molar-refractivity contribution in [3.8, 4) is 11.4 Å². The molecule has 3 heterocycles. The van der Waals surface area contributed by atoms with Crippen LogP contribution in [0.3, 0.4) is 0 Å². The van der Waals surface area contributed by atoms with E-state index in [4.69, 9.17) is 4.98 Å². The van der Waals surface area contributed by atoms with Gasteiger partial charge in [0, 0.05) is 49.7 Å². The summed E-state index contributed by atoms with van der Waals surface area (Å²) < 4.78 is 0. The largest absolute Gasteiger partial charge is 0.356 e. The highest BCUT2D eigenvalue weighted by Gasteiger charge is 2.21. The Hall–Kier alpha value is -3.28. The lowest BCUT2D eigenvalue weighted by Crippen LogP contribution is -2.34. The minimum Gasteiger partial charge on any atom is -0.356 e. The van der Waals surface area contributed by atoms with Crippen LogP contribution in [0.25, 0.3) is 11.4 Å². The number of amides is 1. The molecule has 29 heavy (non-hydrogen) atoms. The number of hydrogen-bond donors (Lipinski definition) is 1. The number of carbonyl (C=O) groups excluding carboxylic acids is 1. The lowest BCUT2D eigenvalue weighted by Gasteiger charge is -2.29. The van der Waals surface area contributed by atoms with Crippen LogP contribution in [-0.4, -0.2) is 40.5 Å². The van der Waals surface area contributed by atoms with Crippen LogP contribution in [0, 0.1) is 0 Å². The fourth-order valence-electron chi connectivity index (χ4n) is 3.55. The zero-order chi connectivity index (χ0) is 19.9. The second-order valence-corrected chi connectivity index (χ2v) is 7.17. The maximum Gasteiger partial charge on any atom is 0.256 e. The number of anilines is 1. The van der Waals surface area contributed by atoms with E-state index in [-0.39, 0.29) is 5.91 Å². The summed E-state index contributed by atoms with van der Waals surface area (Å²) in [6.07, 6.45) is 7.57. The molecule has 0 radical (unpaired) electrons. The van der Waals surface area contributed by atoms with Gasteiger partial charge in [-0.3, -0.25) is 9.78 Å². The zero-order valence-electron chi connectivity index (χ0n) is 16.4. The first-order chi connectivity index (χ1) is 14.3. The quantitative estimate of drug-likeness (QED) is 0.701. The molecule has 0 saturated carbocycles. The van der Waals surface area contributed by atoms with E-state index in [9.17, 15) is 4.79 Å². The standard InChI is InChI=1S/C23H25N5O/c29-23(25-14-12-19-11-5-6-13-24-19)20-17-26-21(18-9-3-1-4-10-18)27-22(20)28-15-7-2-8-16-28/h1,3-6,9-11,13,17H,2,7-8,12,14-16H2,(H,25,29). The molecule has 1 saturated heterocycles. The topological polar surface area (TPSA) is 71.0 Å². The zero-order valence-corrected chi connectivity index (χ0v) is 16.4. The van der Waals surface area contributed by atoms with Crippen LogP contribution in [0.2, 0.25) is 0 Å². The van der Waals surface area contributed by atoms with Crippen LogP contribution in [0.4, 0.5) is 5.82 Å². The lowest BCUT2D eigenvalue weighted by molar-refractivity contribution is 0.0954. The molecule has 1 aliphatic rings. The molecule has 0 spiro atoms. The van der Waals surface area contributed by atoms with Crippen molar-refractivity contribution in [1.82, 2.24) is 20.3 Å². The molecule has 2 aromatic heterocycles. The Labute approximate surface area is 171 Å². The van der Waals surface area contributed by atoms with Crippen LogP contribution in [0.15, 0.2) is 60.9 Å². The summed E-state index contributed by atoms with van der Waals surface area (Å²) in [4.78, 5) is 28.7. The molecule has 0 unspecified atom stereocenters. The van der Waals surface area contributed by atoms with Gasteiger partial charge in [0.1, 0.15) is 11.4 Å². The Morgan fingerprint density at radius 1 is 0.966 bits per heavy atom. The lowest BCUT2D eigenvalue weighted by atomic mass is 10.1. The predicted molar refractivity (Wildman–Crippen MR) is 114 cm³/mol. The van der Waals surface area contributed by atoms with Crippen LogP contribution >= 0.6 is 0 Å². The summed E-state index contributed by atoms with van der Waals surface area (Å²) in [7, 11) is 0. The summed E-state index contributed by atoms with van der Waals surface area (Å²) in [5, 5.41) is 3.00. The smallest absolute Gasteiger partial charge is 0.256 e. The minimum atomic E-state index is -0.138. The van der Waals surface area contributed by atoms with Gasteiger partial charge in [-0.05, 0) is 31.4 Å². The number of nitrogens with zero attached hydrogens (tertiary/aromatic N) is 4. The van der Waals surface area contributed by atoms with E-state index in [0.29, 0.717) is 24.4 Å². The van der Waals surface area contributed by atoms with Gasteiger partial charge < -0.3 is 10.2 Å². The maximum absolute atomic E-state index is 12.9. The predicted octanol–water partition coefficient (Wildman–Crippen LogP) is 3.50. The Morgan fingerprint density at radius 3 is 2.52 bits per heavy atom. The molecule has 0 aliphatic carbocycles. The maximum atomic E-state index is 12.9. The summed E-state index contributed by atoms with van der Waals surface area (Å²) >= 11 is 0. The fourth-order valence-corrected chi connectivity index (χ4v) is 3.55. The third-order valence-corrected chi connectivity index (χ3v) is 5.09. The van der Waals surface area contributed by atoms with E-state index in [0.717, 1.165) is 43.0 Å². The molecule has 148 valence electrons. The Kier molecular flexibility index (Phi) is 6.10. The van der Waals surface area contributed by atoms with Crippen molar-refractivity contribution in [1.29, 1.82) is 0 Å². The van der Waals surface area contributed by atoms with E-state index in [1.54, 1.807) is 12.4 Å². The molecule has 1 fully saturated rings. The van der Waals surface area contributed by atoms with E-state index in [1.165, 1.54) is 6.42 Å². The molecule has 1 aliphatic heterocycles. The molecule has 3 aromatic rings. The van der Waals surface area contributed by atoms with Gasteiger partial charge in [0.25, 0.3) is 5.91 Å². The third-order valence-electron chi connectivity index (χ3n) is 5.09. The van der Waals surface area contributed by atoms with Gasteiger partial charge in [0.05, 0.1) is 0 Å². The van der Waals surface area contributed by atoms with Gasteiger partial charge >= 0.3 is 0 Å². The summed E-state index contributed by atoms with van der Waals surface area (Å²) in [6.45, 7) is 2.36. The number of benzene rings is 1. The van der Waals surface area contributed by atoms with Crippen LogP contribution in [0.5, 0.6) is 0 Å². The number of carbonyl (C=O) groups is 1. The van der Waals surface area contributed by atoms with Crippen molar-refractivity contribution in [3.63, 3.8) is 0 Å². The van der Waals surface area contributed by atoms with E-state index in [1.807, 2.05) is 48.5 Å². The van der Waals surface area contributed by atoms with E-state index in [2.05, 4.69) is 20.2 Å². The van der Waals surface area contributed by atoms with Crippen molar-refractivity contribution in [2.45, 2.75) is 25.7 Å². The van der Waals surface area contributed by atoms with E-state index < -0.39 is 0 Å². The highest BCUT2D eigenvalue weighted by atomic mass is 16.1. The molecule has 1 amide bonds. The molecule has 6 nitrogen and oxygen atoms in total. The number of pyridine rings is 1. The summed E-state index contributed by atoms with van der Waals surface area (Å²) in [5.74, 6) is 1.24. The van der Waals surface area contributed by atoms with Crippen molar-refractivity contribution in [2.75, 3.05) is 24.5 Å². The number of hydrogen-bond acceptors (Lipinski definition) is 5. The van der Waals surface area contributed by atoms with E-state index >= 15 is 0 Å². The Balaban J connectivity index is 1.55. The molecular formula is C23H25N5O. The number of nitrogens with one attached hydrogen (secondary N) is 1. The van der Waals surface area contributed by atoms with Crippen molar-refractivity contribution in [3.05, 3.63) is 72.2 Å². The van der Waals surface area contributed by atoms with Crippen molar-refractivity contribution >= 4 is 11.7 Å². The van der Waals surface area contributed by atoms with Gasteiger partial charge in [0.15, 0.2) is 5.82 Å². The van der Waals surface area contributed by atoms with Crippen LogP contribution < -0.4 is 10.2 Å². The second-order valence-electron chi connectivity index (χ2n) is 7.17. The molecular weight excluding hydrogens is 362 g/mol.